The molecule has 1 fully saturated rings. The van der Waals surface area contributed by atoms with Crippen LogP contribution in [0.2, 0.25) is 0 Å². The van der Waals surface area contributed by atoms with Crippen molar-refractivity contribution in [1.29, 1.82) is 0 Å². The number of carbonyl (C=O) groups excluding carboxylic acids is 1. The summed E-state index contributed by atoms with van der Waals surface area (Å²) in [6, 6.07) is 12.1. The first-order valence-electron chi connectivity index (χ1n) is 10.4. The molecule has 7 nitrogen and oxygen atoms in total. The maximum Gasteiger partial charge on any atom is 0.264 e. The summed E-state index contributed by atoms with van der Waals surface area (Å²) < 4.78 is 1.90. The zero-order chi connectivity index (χ0) is 21.5. The van der Waals surface area contributed by atoms with E-state index in [2.05, 4.69) is 36.1 Å². The Kier molecular flexibility index (Phi) is 4.94. The number of benzene rings is 1. The fourth-order valence-corrected chi connectivity index (χ4v) is 4.73. The zero-order valence-corrected chi connectivity index (χ0v) is 18.7. The molecule has 4 aromatic rings. The van der Waals surface area contributed by atoms with Crippen LogP contribution in [0.15, 0.2) is 41.8 Å². The molecule has 1 aliphatic rings. The van der Waals surface area contributed by atoms with Crippen molar-refractivity contribution >= 4 is 34.1 Å². The molecule has 1 aliphatic heterocycles. The normalized spacial score (nSPS) is 14.4. The summed E-state index contributed by atoms with van der Waals surface area (Å²) >= 11 is 1.49. The van der Waals surface area contributed by atoms with E-state index in [0.29, 0.717) is 18.9 Å². The van der Waals surface area contributed by atoms with Crippen molar-refractivity contribution in [2.75, 3.05) is 31.1 Å². The molecule has 0 spiro atoms. The van der Waals surface area contributed by atoms with Gasteiger partial charge in [-0.15, -0.1) is 11.3 Å². The van der Waals surface area contributed by atoms with Crippen molar-refractivity contribution in [2.45, 2.75) is 20.8 Å². The second kappa shape index (κ2) is 7.77. The molecular weight excluding hydrogens is 408 g/mol. The molecule has 4 heterocycles. The number of anilines is 1. The van der Waals surface area contributed by atoms with E-state index < -0.39 is 0 Å². The van der Waals surface area contributed by atoms with Gasteiger partial charge in [0.1, 0.15) is 11.6 Å². The first-order chi connectivity index (χ1) is 15.0. The average Bonchev–Trinajstić information content (AvgIpc) is 3.42. The van der Waals surface area contributed by atoms with Crippen LogP contribution in [0, 0.1) is 20.8 Å². The summed E-state index contributed by atoms with van der Waals surface area (Å²) in [7, 11) is 0. The van der Waals surface area contributed by atoms with Crippen LogP contribution in [0.3, 0.4) is 0 Å². The molecule has 158 valence electrons. The van der Waals surface area contributed by atoms with Crippen LogP contribution in [-0.4, -0.2) is 56.7 Å². The number of amides is 1. The van der Waals surface area contributed by atoms with Gasteiger partial charge in [0.05, 0.1) is 21.6 Å². The first kappa shape index (κ1) is 19.7. The van der Waals surface area contributed by atoms with E-state index in [-0.39, 0.29) is 5.91 Å². The van der Waals surface area contributed by atoms with Gasteiger partial charge in [-0.1, -0.05) is 23.8 Å². The number of hydrogen-bond donors (Lipinski definition) is 0. The fraction of sp³-hybridized carbons (Fsp3) is 0.304. The van der Waals surface area contributed by atoms with Crippen LogP contribution in [0.5, 0.6) is 0 Å². The van der Waals surface area contributed by atoms with Gasteiger partial charge >= 0.3 is 0 Å². The lowest BCUT2D eigenvalue weighted by Crippen LogP contribution is -2.49. The lowest BCUT2D eigenvalue weighted by Gasteiger charge is -2.35. The van der Waals surface area contributed by atoms with Gasteiger partial charge in [-0.25, -0.2) is 14.6 Å². The van der Waals surface area contributed by atoms with Crippen molar-refractivity contribution in [3.63, 3.8) is 0 Å². The Balaban J connectivity index is 1.47. The van der Waals surface area contributed by atoms with Crippen LogP contribution >= 0.6 is 11.3 Å². The molecule has 0 bridgehead atoms. The van der Waals surface area contributed by atoms with Crippen molar-refractivity contribution in [2.24, 2.45) is 0 Å². The number of hydrogen-bond acceptors (Lipinski definition) is 6. The third kappa shape index (κ3) is 3.57. The number of fused-ring (bicyclic) bond motifs is 1. The fourth-order valence-electron chi connectivity index (χ4n) is 4.04. The predicted octanol–water partition coefficient (Wildman–Crippen LogP) is 3.76. The summed E-state index contributed by atoms with van der Waals surface area (Å²) in [6.07, 6.45) is 0. The molecule has 0 radical (unpaired) electrons. The number of carbonyl (C=O) groups is 1. The Hall–Kier alpha value is -3.26. The van der Waals surface area contributed by atoms with Crippen molar-refractivity contribution in [3.8, 4) is 5.69 Å². The van der Waals surface area contributed by atoms with E-state index in [1.165, 1.54) is 16.9 Å². The lowest BCUT2D eigenvalue weighted by molar-refractivity contribution is 0.0751. The number of nitrogens with zero attached hydrogens (tertiary/aromatic N) is 6. The highest BCUT2D eigenvalue weighted by molar-refractivity contribution is 7.12. The molecular formula is C23H24N6OS. The minimum Gasteiger partial charge on any atom is -0.352 e. The molecule has 0 unspecified atom stereocenters. The van der Waals surface area contributed by atoms with E-state index >= 15 is 0 Å². The lowest BCUT2D eigenvalue weighted by atomic mass is 10.2. The van der Waals surface area contributed by atoms with E-state index in [4.69, 9.17) is 15.1 Å². The van der Waals surface area contributed by atoms with Gasteiger partial charge in [-0.05, 0) is 44.4 Å². The molecule has 1 amide bonds. The van der Waals surface area contributed by atoms with E-state index in [9.17, 15) is 4.79 Å². The number of aryl methyl sites for hydroxylation is 3. The van der Waals surface area contributed by atoms with Gasteiger partial charge < -0.3 is 9.80 Å². The minimum absolute atomic E-state index is 0.113. The van der Waals surface area contributed by atoms with Crippen molar-refractivity contribution in [3.05, 3.63) is 63.7 Å². The minimum atomic E-state index is 0.113. The maximum absolute atomic E-state index is 12.7. The maximum atomic E-state index is 12.7. The molecule has 1 saturated heterocycles. The topological polar surface area (TPSA) is 67.2 Å². The largest absolute Gasteiger partial charge is 0.352 e. The Morgan fingerprint density at radius 1 is 0.968 bits per heavy atom. The highest BCUT2D eigenvalue weighted by Gasteiger charge is 2.26. The van der Waals surface area contributed by atoms with Gasteiger partial charge in [-0.3, -0.25) is 4.79 Å². The summed E-state index contributed by atoms with van der Waals surface area (Å²) in [5, 5.41) is 7.71. The van der Waals surface area contributed by atoms with E-state index in [0.717, 1.165) is 46.2 Å². The highest BCUT2D eigenvalue weighted by atomic mass is 32.1. The van der Waals surface area contributed by atoms with Crippen LogP contribution in [-0.2, 0) is 0 Å². The molecule has 3 aromatic heterocycles. The number of thiophene rings is 1. The zero-order valence-electron chi connectivity index (χ0n) is 17.9. The van der Waals surface area contributed by atoms with E-state index in [1.807, 2.05) is 40.9 Å². The standard InChI is InChI=1S/C23H24N6OS/c1-15-6-8-18(9-7-15)29-22-20(16(2)26-29)21(24-17(3)25-22)27-10-12-28(13-11-27)23(30)19-5-4-14-31-19/h4-9,14H,10-13H2,1-3H3. The van der Waals surface area contributed by atoms with Gasteiger partial charge in [0.2, 0.25) is 0 Å². The third-order valence-electron chi connectivity index (χ3n) is 5.67. The van der Waals surface area contributed by atoms with Crippen LogP contribution < -0.4 is 4.90 Å². The Bertz CT molecular complexity index is 1240. The number of rotatable bonds is 3. The monoisotopic (exact) mass is 432 g/mol. The predicted molar refractivity (Wildman–Crippen MR) is 123 cm³/mol. The smallest absolute Gasteiger partial charge is 0.264 e. The van der Waals surface area contributed by atoms with E-state index in [1.54, 1.807) is 0 Å². The second-order valence-electron chi connectivity index (χ2n) is 7.88. The quantitative estimate of drug-likeness (QED) is 0.493. The van der Waals surface area contributed by atoms with Crippen LogP contribution in [0.1, 0.15) is 26.8 Å². The second-order valence-corrected chi connectivity index (χ2v) is 8.83. The summed E-state index contributed by atoms with van der Waals surface area (Å²) in [5.74, 6) is 1.73. The number of piperazine rings is 1. The summed E-state index contributed by atoms with van der Waals surface area (Å²) in [5.41, 5.74) is 3.92. The van der Waals surface area contributed by atoms with Gasteiger partial charge in [0.15, 0.2) is 5.65 Å². The molecule has 0 saturated carbocycles. The SMILES string of the molecule is Cc1ccc(-n2nc(C)c3c(N4CCN(C(=O)c5cccs5)CC4)nc(C)nc32)cc1. The van der Waals surface area contributed by atoms with Crippen molar-refractivity contribution in [1.82, 2.24) is 24.6 Å². The Morgan fingerprint density at radius 3 is 2.39 bits per heavy atom. The molecule has 1 aromatic carbocycles. The third-order valence-corrected chi connectivity index (χ3v) is 6.53. The number of aromatic nitrogens is 4. The van der Waals surface area contributed by atoms with Crippen LogP contribution in [0.25, 0.3) is 16.7 Å². The Labute approximate surface area is 185 Å². The highest BCUT2D eigenvalue weighted by Crippen LogP contribution is 2.30. The van der Waals surface area contributed by atoms with Crippen LogP contribution in [0.4, 0.5) is 5.82 Å². The van der Waals surface area contributed by atoms with Gasteiger partial charge in [0, 0.05) is 26.2 Å². The van der Waals surface area contributed by atoms with Gasteiger partial charge in [-0.2, -0.15) is 5.10 Å². The molecule has 0 N–H and O–H groups in total. The first-order valence-corrected chi connectivity index (χ1v) is 11.3. The average molecular weight is 433 g/mol. The van der Waals surface area contributed by atoms with Crippen molar-refractivity contribution < 1.29 is 4.79 Å². The molecule has 8 heteroatoms. The molecule has 0 atom stereocenters. The van der Waals surface area contributed by atoms with Gasteiger partial charge in [0.25, 0.3) is 5.91 Å². The molecule has 31 heavy (non-hydrogen) atoms. The summed E-state index contributed by atoms with van der Waals surface area (Å²) in [6.45, 7) is 8.81. The molecule has 5 rings (SSSR count). The summed E-state index contributed by atoms with van der Waals surface area (Å²) in [4.78, 5) is 27.2. The molecule has 0 aliphatic carbocycles. The Morgan fingerprint density at radius 2 is 1.71 bits per heavy atom.